The van der Waals surface area contributed by atoms with Crippen LogP contribution >= 0.6 is 0 Å². The molecular weight excluding hydrogens is 272 g/mol. The average Bonchev–Trinajstić information content (AvgIpc) is 3.02. The van der Waals surface area contributed by atoms with Crippen LogP contribution in [0.5, 0.6) is 0 Å². The van der Waals surface area contributed by atoms with E-state index in [1.807, 2.05) is 0 Å². The maximum atomic E-state index is 12.4. The van der Waals surface area contributed by atoms with E-state index in [9.17, 15) is 19.5 Å². The second kappa shape index (κ2) is 5.81. The predicted molar refractivity (Wildman–Crippen MR) is 75.8 cm³/mol. The fourth-order valence-corrected chi connectivity index (χ4v) is 3.14. The summed E-state index contributed by atoms with van der Waals surface area (Å²) in [7, 11) is 1.77. The smallest absolute Gasteiger partial charge is 0.435 e. The second-order valence-electron chi connectivity index (χ2n) is 5.69. The highest BCUT2D eigenvalue weighted by Gasteiger charge is 2.52. The number of hydrogen-bond acceptors (Lipinski definition) is 3. The normalized spacial score (nSPS) is 25.0. The van der Waals surface area contributed by atoms with Gasteiger partial charge < -0.3 is 9.67 Å². The number of rotatable bonds is 4. The number of likely N-dealkylation sites (tertiary alicyclic amines) is 1. The summed E-state index contributed by atoms with van der Waals surface area (Å²) in [6, 6.07) is 3.25. The van der Waals surface area contributed by atoms with E-state index in [1.54, 1.807) is 36.9 Å². The summed E-state index contributed by atoms with van der Waals surface area (Å²) >= 11 is 0. The lowest BCUT2D eigenvalue weighted by Crippen LogP contribution is -2.58. The molecule has 6 heteroatoms. The first kappa shape index (κ1) is 15.4. The van der Waals surface area contributed by atoms with Crippen LogP contribution in [0.15, 0.2) is 18.3 Å². The van der Waals surface area contributed by atoms with Crippen LogP contribution in [0.4, 0.5) is 4.79 Å². The molecule has 21 heavy (non-hydrogen) atoms. The van der Waals surface area contributed by atoms with Crippen molar-refractivity contribution in [1.82, 2.24) is 4.57 Å². The van der Waals surface area contributed by atoms with Crippen molar-refractivity contribution >= 4 is 17.8 Å². The molecule has 2 amide bonds. The molecule has 1 unspecified atom stereocenters. The van der Waals surface area contributed by atoms with Crippen LogP contribution in [-0.2, 0) is 11.8 Å². The topological polar surface area (TPSA) is 76.4 Å². The van der Waals surface area contributed by atoms with E-state index in [-0.39, 0.29) is 30.6 Å². The molecular formula is C15H21N2O4+. The Bertz CT molecular complexity index is 578. The Morgan fingerprint density at radius 1 is 1.38 bits per heavy atom. The molecule has 0 saturated carbocycles. The number of hydrogen-bond donors (Lipinski definition) is 1. The molecule has 1 fully saturated rings. The Kier molecular flexibility index (Phi) is 4.27. The molecule has 0 spiro atoms. The van der Waals surface area contributed by atoms with Gasteiger partial charge in [-0.05, 0) is 19.1 Å². The fourth-order valence-electron chi connectivity index (χ4n) is 3.14. The summed E-state index contributed by atoms with van der Waals surface area (Å²) in [5.41, 5.74) is 0.541. The standard InChI is InChI=1S/C15H20N2O4/c1-11-5-4-10-17(11,15(20)21)14(19)8-7-13(18)12-6-3-9-16(12)2/h3,6,9,11H,4-5,7-8,10H2,1-2H3/p+1/t11-,17?/m1/s1. The van der Waals surface area contributed by atoms with Crippen molar-refractivity contribution in [3.05, 3.63) is 24.0 Å². The summed E-state index contributed by atoms with van der Waals surface area (Å²) < 4.78 is 1.17. The zero-order valence-electron chi connectivity index (χ0n) is 12.4. The van der Waals surface area contributed by atoms with Gasteiger partial charge in [-0.2, -0.15) is 9.28 Å². The third kappa shape index (κ3) is 2.63. The molecule has 1 N–H and O–H groups in total. The zero-order valence-corrected chi connectivity index (χ0v) is 12.4. The lowest BCUT2D eigenvalue weighted by atomic mass is 10.1. The highest BCUT2D eigenvalue weighted by atomic mass is 16.4. The van der Waals surface area contributed by atoms with Crippen LogP contribution in [0.1, 0.15) is 43.1 Å². The molecule has 1 aliphatic rings. The number of Topliss-reactive ketones (excluding diaryl/α,β-unsaturated/α-hetero) is 1. The number of aromatic nitrogens is 1. The van der Waals surface area contributed by atoms with E-state index in [0.717, 1.165) is 12.8 Å². The first-order valence-electron chi connectivity index (χ1n) is 7.18. The second-order valence-corrected chi connectivity index (χ2v) is 5.69. The van der Waals surface area contributed by atoms with Gasteiger partial charge in [0.2, 0.25) is 0 Å². The Hall–Kier alpha value is -1.95. The van der Waals surface area contributed by atoms with Crippen molar-refractivity contribution in [2.75, 3.05) is 6.54 Å². The largest absolute Gasteiger partial charge is 0.521 e. The molecule has 2 heterocycles. The Labute approximate surface area is 123 Å². The fraction of sp³-hybridized carbons (Fsp3) is 0.533. The van der Waals surface area contributed by atoms with Crippen LogP contribution in [0.2, 0.25) is 0 Å². The Morgan fingerprint density at radius 3 is 2.57 bits per heavy atom. The molecule has 1 aromatic heterocycles. The SMILES string of the molecule is C[C@@H]1CCC[N+]1(C(=O)O)C(=O)CCC(=O)c1cccn1C. The van der Waals surface area contributed by atoms with Crippen LogP contribution in [-0.4, -0.2) is 44.5 Å². The first-order valence-corrected chi connectivity index (χ1v) is 7.18. The summed E-state index contributed by atoms with van der Waals surface area (Å²) in [5.74, 6) is -0.499. The first-order chi connectivity index (χ1) is 9.89. The van der Waals surface area contributed by atoms with Crippen molar-refractivity contribution in [2.24, 2.45) is 7.05 Å². The van der Waals surface area contributed by atoms with Crippen molar-refractivity contribution in [3.8, 4) is 0 Å². The van der Waals surface area contributed by atoms with Gasteiger partial charge in [-0.3, -0.25) is 4.79 Å². The Morgan fingerprint density at radius 2 is 2.10 bits per heavy atom. The summed E-state index contributed by atoms with van der Waals surface area (Å²) in [5, 5.41) is 9.46. The number of imide groups is 1. The van der Waals surface area contributed by atoms with Gasteiger partial charge in [-0.15, -0.1) is 0 Å². The monoisotopic (exact) mass is 293 g/mol. The molecule has 0 bridgehead atoms. The van der Waals surface area contributed by atoms with Crippen molar-refractivity contribution < 1.29 is 24.0 Å². The molecule has 0 aromatic carbocycles. The summed E-state index contributed by atoms with van der Waals surface area (Å²) in [6.45, 7) is 2.12. The third-order valence-electron chi connectivity index (χ3n) is 4.47. The highest BCUT2D eigenvalue weighted by Crippen LogP contribution is 2.29. The predicted octanol–water partition coefficient (Wildman–Crippen LogP) is 2.19. The number of aryl methyl sites for hydroxylation is 1. The van der Waals surface area contributed by atoms with E-state index >= 15 is 0 Å². The average molecular weight is 293 g/mol. The highest BCUT2D eigenvalue weighted by molar-refractivity contribution is 5.96. The minimum Gasteiger partial charge on any atom is -0.435 e. The van der Waals surface area contributed by atoms with E-state index < -0.39 is 10.6 Å². The van der Waals surface area contributed by atoms with Gasteiger partial charge in [0.15, 0.2) is 5.78 Å². The molecule has 1 aromatic rings. The van der Waals surface area contributed by atoms with Crippen molar-refractivity contribution in [3.63, 3.8) is 0 Å². The number of quaternary nitrogens is 1. The summed E-state index contributed by atoms with van der Waals surface area (Å²) in [4.78, 5) is 36.0. The zero-order chi connectivity index (χ0) is 15.6. The van der Waals surface area contributed by atoms with Gasteiger partial charge in [0.25, 0.3) is 0 Å². The van der Waals surface area contributed by atoms with Gasteiger partial charge in [0, 0.05) is 32.5 Å². The molecule has 6 nitrogen and oxygen atoms in total. The molecule has 0 aliphatic carbocycles. The maximum Gasteiger partial charge on any atom is 0.521 e. The van der Waals surface area contributed by atoms with Gasteiger partial charge in [-0.1, -0.05) is 0 Å². The third-order valence-corrected chi connectivity index (χ3v) is 4.47. The Balaban J connectivity index is 2.06. The lowest BCUT2D eigenvalue weighted by Gasteiger charge is -2.29. The molecule has 2 atom stereocenters. The number of ketones is 1. The van der Waals surface area contributed by atoms with Gasteiger partial charge in [0.1, 0.15) is 6.04 Å². The van der Waals surface area contributed by atoms with E-state index in [0.29, 0.717) is 12.2 Å². The molecule has 2 rings (SSSR count). The van der Waals surface area contributed by atoms with Crippen molar-refractivity contribution in [1.29, 1.82) is 0 Å². The van der Waals surface area contributed by atoms with Crippen LogP contribution in [0, 0.1) is 0 Å². The van der Waals surface area contributed by atoms with E-state index in [4.69, 9.17) is 0 Å². The van der Waals surface area contributed by atoms with E-state index in [1.165, 1.54) is 0 Å². The lowest BCUT2D eigenvalue weighted by molar-refractivity contribution is -0.792. The van der Waals surface area contributed by atoms with Crippen molar-refractivity contribution in [2.45, 2.75) is 38.6 Å². The molecule has 1 aliphatic heterocycles. The number of carbonyl (C=O) groups is 3. The summed E-state index contributed by atoms with van der Waals surface area (Å²) in [6.07, 6.45) is 2.14. The van der Waals surface area contributed by atoms with Gasteiger partial charge in [-0.25, -0.2) is 4.79 Å². The quantitative estimate of drug-likeness (QED) is 0.682. The minimum atomic E-state index is -1.10. The maximum absolute atomic E-state index is 12.4. The van der Waals surface area contributed by atoms with Crippen LogP contribution in [0.25, 0.3) is 0 Å². The number of carboxylic acid groups (broad SMARTS) is 1. The molecule has 1 saturated heterocycles. The van der Waals surface area contributed by atoms with E-state index in [2.05, 4.69) is 0 Å². The van der Waals surface area contributed by atoms with Crippen LogP contribution < -0.4 is 0 Å². The van der Waals surface area contributed by atoms with Gasteiger partial charge in [0.05, 0.1) is 18.7 Å². The number of nitrogens with zero attached hydrogens (tertiary/aromatic N) is 2. The van der Waals surface area contributed by atoms with Gasteiger partial charge >= 0.3 is 12.0 Å². The number of carbonyl (C=O) groups excluding carboxylic acids is 2. The minimum absolute atomic E-state index is 0.0271. The molecule has 114 valence electrons. The van der Waals surface area contributed by atoms with Crippen LogP contribution in [0.3, 0.4) is 0 Å². The number of amides is 2. The molecule has 0 radical (unpaired) electrons.